The summed E-state index contributed by atoms with van der Waals surface area (Å²) in [6.45, 7) is 5.55. The van der Waals surface area contributed by atoms with Crippen LogP contribution in [0.15, 0.2) is 43.0 Å². The molecule has 1 aromatic heterocycles. The predicted molar refractivity (Wildman–Crippen MR) is 81.8 cm³/mol. The third-order valence-electron chi connectivity index (χ3n) is 2.58. The van der Waals surface area contributed by atoms with E-state index in [2.05, 4.69) is 26.6 Å². The molecule has 1 aromatic carbocycles. The van der Waals surface area contributed by atoms with Gasteiger partial charge in [-0.2, -0.15) is 9.36 Å². The van der Waals surface area contributed by atoms with E-state index in [1.165, 1.54) is 0 Å². The van der Waals surface area contributed by atoms with Crippen LogP contribution in [0.5, 0.6) is 0 Å². The molecule has 2 rings (SSSR count). The minimum absolute atomic E-state index is 0.0361. The van der Waals surface area contributed by atoms with E-state index in [-0.39, 0.29) is 12.1 Å². The minimum Gasteiger partial charge on any atom is -0.335 e. The van der Waals surface area contributed by atoms with Crippen LogP contribution in [0.1, 0.15) is 13.3 Å². The molecule has 2 amide bonds. The van der Waals surface area contributed by atoms with Crippen molar-refractivity contribution in [2.45, 2.75) is 19.4 Å². The molecule has 0 aliphatic rings. The number of urea groups is 1. The Morgan fingerprint density at radius 3 is 2.90 bits per heavy atom. The Morgan fingerprint density at radius 1 is 1.45 bits per heavy atom. The average molecular weight is 288 g/mol. The summed E-state index contributed by atoms with van der Waals surface area (Å²) in [4.78, 5) is 16.0. The van der Waals surface area contributed by atoms with Gasteiger partial charge in [0.05, 0.1) is 0 Å². The zero-order valence-corrected chi connectivity index (χ0v) is 12.0. The first-order valence-electron chi connectivity index (χ1n) is 6.26. The van der Waals surface area contributed by atoms with Crippen molar-refractivity contribution in [2.24, 2.45) is 0 Å². The molecule has 5 nitrogen and oxygen atoms in total. The van der Waals surface area contributed by atoms with Gasteiger partial charge in [0.1, 0.15) is 0 Å². The highest BCUT2D eigenvalue weighted by atomic mass is 32.1. The molecule has 2 N–H and O–H groups in total. The van der Waals surface area contributed by atoms with Crippen LogP contribution in [0.25, 0.3) is 11.4 Å². The van der Waals surface area contributed by atoms with Gasteiger partial charge in [-0.25, -0.2) is 4.79 Å². The standard InChI is InChI=1S/C14H16N4OS/c1-3-7-10(2)15-13(19)17-14-16-12(18-20-14)11-8-5-4-6-9-11/h3-6,8-10H,1,7H2,2H3,(H2,15,16,17,18,19). The monoisotopic (exact) mass is 288 g/mol. The number of nitrogens with one attached hydrogen (secondary N) is 2. The number of amides is 2. The van der Waals surface area contributed by atoms with Crippen LogP contribution in [0.3, 0.4) is 0 Å². The first kappa shape index (κ1) is 14.2. The van der Waals surface area contributed by atoms with Crippen LogP contribution >= 0.6 is 11.5 Å². The molecular formula is C14H16N4OS. The highest BCUT2D eigenvalue weighted by molar-refractivity contribution is 7.10. The van der Waals surface area contributed by atoms with Crippen molar-refractivity contribution in [3.05, 3.63) is 43.0 Å². The number of anilines is 1. The second kappa shape index (κ2) is 6.81. The topological polar surface area (TPSA) is 66.9 Å². The Bertz CT molecular complexity index is 582. The van der Waals surface area contributed by atoms with E-state index in [9.17, 15) is 4.79 Å². The van der Waals surface area contributed by atoms with Crippen LogP contribution in [-0.4, -0.2) is 21.4 Å². The molecule has 0 fully saturated rings. The summed E-state index contributed by atoms with van der Waals surface area (Å²) < 4.78 is 4.23. The predicted octanol–water partition coefficient (Wildman–Crippen LogP) is 3.29. The van der Waals surface area contributed by atoms with Crippen LogP contribution in [0.2, 0.25) is 0 Å². The van der Waals surface area contributed by atoms with Crippen LogP contribution in [0, 0.1) is 0 Å². The van der Waals surface area contributed by atoms with Gasteiger partial charge in [0.25, 0.3) is 0 Å². The van der Waals surface area contributed by atoms with Gasteiger partial charge >= 0.3 is 6.03 Å². The fourth-order valence-electron chi connectivity index (χ4n) is 1.64. The van der Waals surface area contributed by atoms with E-state index < -0.39 is 0 Å². The Labute approximate surface area is 121 Å². The van der Waals surface area contributed by atoms with E-state index in [0.29, 0.717) is 11.0 Å². The zero-order chi connectivity index (χ0) is 14.4. The Balaban J connectivity index is 1.96. The number of aromatic nitrogens is 2. The Kier molecular flexibility index (Phi) is 4.84. The van der Waals surface area contributed by atoms with Gasteiger partial charge in [-0.05, 0) is 13.3 Å². The van der Waals surface area contributed by atoms with Crippen molar-refractivity contribution in [3.63, 3.8) is 0 Å². The third-order valence-corrected chi connectivity index (χ3v) is 3.21. The van der Waals surface area contributed by atoms with Crippen molar-refractivity contribution in [2.75, 3.05) is 5.32 Å². The van der Waals surface area contributed by atoms with Crippen LogP contribution in [-0.2, 0) is 0 Å². The number of carbonyl (C=O) groups excluding carboxylic acids is 1. The van der Waals surface area contributed by atoms with E-state index in [1.54, 1.807) is 6.08 Å². The second-order valence-electron chi connectivity index (χ2n) is 4.31. The number of benzene rings is 1. The SMILES string of the molecule is C=CCC(C)NC(=O)Nc1nc(-c2ccccc2)ns1. The molecule has 0 radical (unpaired) electrons. The van der Waals surface area contributed by atoms with Gasteiger partial charge in [0.15, 0.2) is 5.82 Å². The van der Waals surface area contributed by atoms with Crippen LogP contribution < -0.4 is 10.6 Å². The summed E-state index contributed by atoms with van der Waals surface area (Å²) in [6.07, 6.45) is 2.49. The lowest BCUT2D eigenvalue weighted by Crippen LogP contribution is -2.35. The molecule has 0 spiro atoms. The number of nitrogens with zero attached hydrogens (tertiary/aromatic N) is 2. The number of rotatable bonds is 5. The van der Waals surface area contributed by atoms with Gasteiger partial charge < -0.3 is 5.32 Å². The smallest absolute Gasteiger partial charge is 0.321 e. The summed E-state index contributed by atoms with van der Waals surface area (Å²) in [7, 11) is 0. The summed E-state index contributed by atoms with van der Waals surface area (Å²) in [5.41, 5.74) is 0.928. The molecule has 20 heavy (non-hydrogen) atoms. The molecule has 0 aliphatic carbocycles. The normalized spacial score (nSPS) is 11.7. The highest BCUT2D eigenvalue weighted by Gasteiger charge is 2.10. The molecular weight excluding hydrogens is 272 g/mol. The number of carbonyl (C=O) groups is 1. The first-order valence-corrected chi connectivity index (χ1v) is 7.04. The van der Waals surface area contributed by atoms with E-state index in [0.717, 1.165) is 23.5 Å². The minimum atomic E-state index is -0.282. The van der Waals surface area contributed by atoms with Gasteiger partial charge in [-0.3, -0.25) is 5.32 Å². The fourth-order valence-corrected chi connectivity index (χ4v) is 2.23. The largest absolute Gasteiger partial charge is 0.335 e. The maximum Gasteiger partial charge on any atom is 0.321 e. The fraction of sp³-hybridized carbons (Fsp3) is 0.214. The Morgan fingerprint density at radius 2 is 2.20 bits per heavy atom. The number of hydrogen-bond donors (Lipinski definition) is 2. The van der Waals surface area contributed by atoms with Crippen molar-refractivity contribution in [3.8, 4) is 11.4 Å². The van der Waals surface area contributed by atoms with Gasteiger partial charge in [-0.1, -0.05) is 36.4 Å². The zero-order valence-electron chi connectivity index (χ0n) is 11.2. The Hall–Kier alpha value is -2.21. The lowest BCUT2D eigenvalue weighted by molar-refractivity contribution is 0.249. The maximum absolute atomic E-state index is 11.7. The van der Waals surface area contributed by atoms with Crippen molar-refractivity contribution < 1.29 is 4.79 Å². The third kappa shape index (κ3) is 3.89. The second-order valence-corrected chi connectivity index (χ2v) is 5.06. The molecule has 0 saturated heterocycles. The van der Waals surface area contributed by atoms with Gasteiger partial charge in [0, 0.05) is 23.1 Å². The molecule has 0 saturated carbocycles. The number of hydrogen-bond acceptors (Lipinski definition) is 4. The van der Waals surface area contributed by atoms with Gasteiger partial charge in [-0.15, -0.1) is 6.58 Å². The van der Waals surface area contributed by atoms with Gasteiger partial charge in [0.2, 0.25) is 5.13 Å². The molecule has 2 aromatic rings. The van der Waals surface area contributed by atoms with Crippen molar-refractivity contribution in [1.29, 1.82) is 0 Å². The molecule has 1 unspecified atom stereocenters. The molecule has 1 atom stereocenters. The molecule has 0 aliphatic heterocycles. The molecule has 104 valence electrons. The van der Waals surface area contributed by atoms with E-state index in [4.69, 9.17) is 0 Å². The van der Waals surface area contributed by atoms with Crippen LogP contribution in [0.4, 0.5) is 9.93 Å². The average Bonchev–Trinajstić information content (AvgIpc) is 2.88. The quantitative estimate of drug-likeness (QED) is 0.830. The summed E-state index contributed by atoms with van der Waals surface area (Å²) in [5.74, 6) is 0.616. The lowest BCUT2D eigenvalue weighted by Gasteiger charge is -2.10. The first-order chi connectivity index (χ1) is 9.69. The highest BCUT2D eigenvalue weighted by Crippen LogP contribution is 2.20. The molecule has 6 heteroatoms. The van der Waals surface area contributed by atoms with Crippen molar-refractivity contribution >= 4 is 22.7 Å². The van der Waals surface area contributed by atoms with E-state index in [1.807, 2.05) is 37.3 Å². The van der Waals surface area contributed by atoms with Crippen molar-refractivity contribution in [1.82, 2.24) is 14.7 Å². The maximum atomic E-state index is 11.7. The van der Waals surface area contributed by atoms with E-state index >= 15 is 0 Å². The summed E-state index contributed by atoms with van der Waals surface area (Å²) in [5, 5.41) is 5.96. The molecule has 0 bridgehead atoms. The lowest BCUT2D eigenvalue weighted by atomic mass is 10.2. The molecule has 1 heterocycles. The summed E-state index contributed by atoms with van der Waals surface area (Å²) >= 11 is 1.16. The summed E-state index contributed by atoms with van der Waals surface area (Å²) in [6, 6.07) is 9.39.